The standard InChI is InChI=1S/C23H21N3O5S/c1-29-16-8-10-19(11-9-16)32(27,28)23-22(25-20-6-4-5-7-21(20)26-23)24-15-12-17(30-2)14-18(13-15)31-3/h4-14H,1-3H3,(H,24,25). The molecule has 1 N–H and O–H groups in total. The van der Waals surface area contributed by atoms with Gasteiger partial charge in [0.1, 0.15) is 17.2 Å². The Morgan fingerprint density at radius 3 is 1.84 bits per heavy atom. The normalized spacial score (nSPS) is 11.2. The highest BCUT2D eigenvalue weighted by atomic mass is 32.2. The molecular weight excluding hydrogens is 430 g/mol. The largest absolute Gasteiger partial charge is 0.497 e. The molecule has 0 aliphatic heterocycles. The van der Waals surface area contributed by atoms with Crippen LogP contribution in [0.3, 0.4) is 0 Å². The molecule has 0 radical (unpaired) electrons. The van der Waals surface area contributed by atoms with Gasteiger partial charge in [-0.15, -0.1) is 0 Å². The number of hydrogen-bond donors (Lipinski definition) is 1. The van der Waals surface area contributed by atoms with Gasteiger partial charge in [-0.1, -0.05) is 12.1 Å². The molecule has 1 heterocycles. The molecule has 0 unspecified atom stereocenters. The maximum Gasteiger partial charge on any atom is 0.227 e. The number of methoxy groups -OCH3 is 3. The van der Waals surface area contributed by atoms with Gasteiger partial charge in [0.25, 0.3) is 0 Å². The molecule has 0 fully saturated rings. The van der Waals surface area contributed by atoms with Gasteiger partial charge in [0.15, 0.2) is 5.82 Å². The molecule has 0 spiro atoms. The van der Waals surface area contributed by atoms with Crippen LogP contribution in [0.15, 0.2) is 76.7 Å². The van der Waals surface area contributed by atoms with Crippen LogP contribution in [0.25, 0.3) is 11.0 Å². The number of benzene rings is 3. The molecule has 9 heteroatoms. The minimum Gasteiger partial charge on any atom is -0.497 e. The van der Waals surface area contributed by atoms with E-state index in [0.29, 0.717) is 34.0 Å². The Kier molecular flexibility index (Phi) is 5.83. The molecular formula is C23H21N3O5S. The first-order valence-corrected chi connectivity index (χ1v) is 11.1. The molecule has 1 aromatic heterocycles. The maximum atomic E-state index is 13.5. The fourth-order valence-corrected chi connectivity index (χ4v) is 4.42. The summed E-state index contributed by atoms with van der Waals surface area (Å²) in [5, 5.41) is 2.88. The van der Waals surface area contributed by atoms with Crippen molar-refractivity contribution in [2.45, 2.75) is 9.92 Å². The van der Waals surface area contributed by atoms with Gasteiger partial charge in [-0.2, -0.15) is 0 Å². The van der Waals surface area contributed by atoms with Crippen molar-refractivity contribution in [1.82, 2.24) is 9.97 Å². The van der Waals surface area contributed by atoms with Crippen LogP contribution in [0.1, 0.15) is 0 Å². The summed E-state index contributed by atoms with van der Waals surface area (Å²) in [6.07, 6.45) is 0. The van der Waals surface area contributed by atoms with Crippen LogP contribution in [0.5, 0.6) is 17.2 Å². The van der Waals surface area contributed by atoms with Gasteiger partial charge >= 0.3 is 0 Å². The van der Waals surface area contributed by atoms with Crippen LogP contribution in [0.2, 0.25) is 0 Å². The van der Waals surface area contributed by atoms with Crippen LogP contribution >= 0.6 is 0 Å². The summed E-state index contributed by atoms with van der Waals surface area (Å²) in [6, 6.07) is 18.3. The Morgan fingerprint density at radius 1 is 0.719 bits per heavy atom. The van der Waals surface area contributed by atoms with Crippen LogP contribution < -0.4 is 19.5 Å². The first kappa shape index (κ1) is 21.4. The van der Waals surface area contributed by atoms with Crippen molar-refractivity contribution >= 4 is 32.4 Å². The lowest BCUT2D eigenvalue weighted by molar-refractivity contribution is 0.395. The first-order chi connectivity index (χ1) is 15.4. The quantitative estimate of drug-likeness (QED) is 0.446. The molecule has 0 aliphatic carbocycles. The van der Waals surface area contributed by atoms with Gasteiger partial charge in [0.2, 0.25) is 14.9 Å². The number of anilines is 2. The van der Waals surface area contributed by atoms with Crippen LogP contribution in [-0.4, -0.2) is 39.7 Å². The lowest BCUT2D eigenvalue weighted by atomic mass is 10.2. The van der Waals surface area contributed by atoms with E-state index in [-0.39, 0.29) is 15.7 Å². The van der Waals surface area contributed by atoms with Crippen LogP contribution in [-0.2, 0) is 9.84 Å². The number of rotatable bonds is 7. The van der Waals surface area contributed by atoms with E-state index in [1.54, 1.807) is 48.5 Å². The number of aromatic nitrogens is 2. The lowest BCUT2D eigenvalue weighted by Crippen LogP contribution is -2.10. The predicted molar refractivity (Wildman–Crippen MR) is 121 cm³/mol. The summed E-state index contributed by atoms with van der Waals surface area (Å²) in [7, 11) is 0.596. The molecule has 0 amide bonds. The average Bonchev–Trinajstić information content (AvgIpc) is 2.83. The molecule has 4 rings (SSSR count). The van der Waals surface area contributed by atoms with Crippen molar-refractivity contribution in [3.05, 3.63) is 66.7 Å². The number of ether oxygens (including phenoxy) is 3. The highest BCUT2D eigenvalue weighted by Crippen LogP contribution is 2.32. The van der Waals surface area contributed by atoms with E-state index >= 15 is 0 Å². The Labute approximate surface area is 185 Å². The molecule has 0 saturated carbocycles. The van der Waals surface area contributed by atoms with E-state index in [0.717, 1.165) is 0 Å². The Balaban J connectivity index is 1.87. The molecule has 0 bridgehead atoms. The summed E-state index contributed by atoms with van der Waals surface area (Å²) >= 11 is 0. The average molecular weight is 452 g/mol. The number of sulfone groups is 1. The molecule has 164 valence electrons. The fraction of sp³-hybridized carbons (Fsp3) is 0.130. The second-order valence-corrected chi connectivity index (χ2v) is 8.64. The third kappa shape index (κ3) is 4.15. The second-order valence-electron chi connectivity index (χ2n) is 6.77. The molecule has 0 atom stereocenters. The number of hydrogen-bond acceptors (Lipinski definition) is 8. The number of nitrogens with one attached hydrogen (secondary N) is 1. The van der Waals surface area contributed by atoms with E-state index in [1.807, 2.05) is 6.07 Å². The van der Waals surface area contributed by atoms with Gasteiger partial charge in [0, 0.05) is 23.9 Å². The van der Waals surface area contributed by atoms with Crippen molar-refractivity contribution < 1.29 is 22.6 Å². The van der Waals surface area contributed by atoms with E-state index in [2.05, 4.69) is 15.3 Å². The van der Waals surface area contributed by atoms with Crippen molar-refractivity contribution in [2.75, 3.05) is 26.6 Å². The SMILES string of the molecule is COc1ccc(S(=O)(=O)c2nc3ccccc3nc2Nc2cc(OC)cc(OC)c2)cc1. The van der Waals surface area contributed by atoms with Gasteiger partial charge < -0.3 is 19.5 Å². The topological polar surface area (TPSA) is 99.6 Å². The zero-order chi connectivity index (χ0) is 22.7. The molecule has 0 aliphatic rings. The summed E-state index contributed by atoms with van der Waals surface area (Å²) in [5.74, 6) is 1.73. The van der Waals surface area contributed by atoms with Gasteiger partial charge in [-0.3, -0.25) is 0 Å². The maximum absolute atomic E-state index is 13.5. The summed E-state index contributed by atoms with van der Waals surface area (Å²) < 4.78 is 42.8. The van der Waals surface area contributed by atoms with Crippen molar-refractivity contribution in [2.24, 2.45) is 0 Å². The van der Waals surface area contributed by atoms with Crippen LogP contribution in [0, 0.1) is 0 Å². The summed E-state index contributed by atoms with van der Waals surface area (Å²) in [5.41, 5.74) is 1.56. The van der Waals surface area contributed by atoms with Gasteiger partial charge in [-0.25, -0.2) is 18.4 Å². The molecule has 3 aromatic carbocycles. The smallest absolute Gasteiger partial charge is 0.227 e. The Hall–Kier alpha value is -3.85. The van der Waals surface area contributed by atoms with E-state index in [4.69, 9.17) is 14.2 Å². The minimum absolute atomic E-state index is 0.0779. The van der Waals surface area contributed by atoms with E-state index in [1.165, 1.54) is 33.5 Å². The highest BCUT2D eigenvalue weighted by molar-refractivity contribution is 7.91. The van der Waals surface area contributed by atoms with Crippen LogP contribution in [0.4, 0.5) is 11.5 Å². The lowest BCUT2D eigenvalue weighted by Gasteiger charge is -2.14. The molecule has 4 aromatic rings. The Morgan fingerprint density at radius 2 is 1.28 bits per heavy atom. The molecule has 8 nitrogen and oxygen atoms in total. The zero-order valence-corrected chi connectivity index (χ0v) is 18.5. The second kappa shape index (κ2) is 8.72. The third-order valence-corrected chi connectivity index (χ3v) is 6.46. The number of fused-ring (bicyclic) bond motifs is 1. The van der Waals surface area contributed by atoms with Crippen molar-refractivity contribution in [3.63, 3.8) is 0 Å². The number of nitrogens with zero attached hydrogens (tertiary/aromatic N) is 2. The van der Waals surface area contributed by atoms with Gasteiger partial charge in [-0.05, 0) is 36.4 Å². The van der Waals surface area contributed by atoms with Crippen molar-refractivity contribution in [3.8, 4) is 17.2 Å². The third-order valence-electron chi connectivity index (χ3n) is 4.78. The van der Waals surface area contributed by atoms with E-state index < -0.39 is 9.84 Å². The van der Waals surface area contributed by atoms with Crippen molar-refractivity contribution in [1.29, 1.82) is 0 Å². The highest BCUT2D eigenvalue weighted by Gasteiger charge is 2.26. The summed E-state index contributed by atoms with van der Waals surface area (Å²) in [6.45, 7) is 0. The number of para-hydroxylation sites is 2. The molecule has 0 saturated heterocycles. The van der Waals surface area contributed by atoms with Gasteiger partial charge in [0.05, 0.1) is 37.3 Å². The van der Waals surface area contributed by atoms with E-state index in [9.17, 15) is 8.42 Å². The Bertz CT molecular complexity index is 1350. The molecule has 32 heavy (non-hydrogen) atoms. The summed E-state index contributed by atoms with van der Waals surface area (Å²) in [4.78, 5) is 9.07. The fourth-order valence-electron chi connectivity index (χ4n) is 3.14. The monoisotopic (exact) mass is 451 g/mol. The zero-order valence-electron chi connectivity index (χ0n) is 17.7. The first-order valence-electron chi connectivity index (χ1n) is 9.60. The minimum atomic E-state index is -3.99. The predicted octanol–water partition coefficient (Wildman–Crippen LogP) is 4.23.